The van der Waals surface area contributed by atoms with Gasteiger partial charge in [0.2, 0.25) is 0 Å². The number of unbranched alkanes of at least 4 members (excludes halogenated alkanes) is 10. The SMILES string of the molecule is CCCCCCCCOC([S-])[S-].CCCCCCCCOC([S-])[S-].[Pt+4]. The Kier molecular flexibility index (Phi) is 35.8. The molecular formula is C18H36O2PtS4. The predicted molar refractivity (Wildman–Crippen MR) is 116 cm³/mol. The van der Waals surface area contributed by atoms with Crippen molar-refractivity contribution >= 4 is 50.5 Å². The van der Waals surface area contributed by atoms with Gasteiger partial charge < -0.3 is 60.0 Å². The summed E-state index contributed by atoms with van der Waals surface area (Å²) in [4.78, 5) is 0. The van der Waals surface area contributed by atoms with Crippen molar-refractivity contribution < 1.29 is 30.5 Å². The number of hydrogen-bond donors (Lipinski definition) is 0. The Morgan fingerprint density at radius 3 is 1.08 bits per heavy atom. The van der Waals surface area contributed by atoms with Gasteiger partial charge >= 0.3 is 21.1 Å². The third kappa shape index (κ3) is 37.4. The minimum absolute atomic E-state index is 0. The Morgan fingerprint density at radius 1 is 0.520 bits per heavy atom. The van der Waals surface area contributed by atoms with Gasteiger partial charge in [-0.15, -0.1) is 0 Å². The summed E-state index contributed by atoms with van der Waals surface area (Å²) in [5.41, 5.74) is 0. The monoisotopic (exact) mass is 607 g/mol. The van der Waals surface area contributed by atoms with Gasteiger partial charge in [0, 0.05) is 13.2 Å². The van der Waals surface area contributed by atoms with Crippen LogP contribution in [-0.2, 0) is 81.1 Å². The third-order valence-corrected chi connectivity index (χ3v) is 4.05. The molecule has 0 aliphatic carbocycles. The van der Waals surface area contributed by atoms with Crippen LogP contribution in [0.25, 0.3) is 0 Å². The summed E-state index contributed by atoms with van der Waals surface area (Å²) in [5, 5.41) is 0. The summed E-state index contributed by atoms with van der Waals surface area (Å²) in [6.07, 6.45) is 15.3. The van der Waals surface area contributed by atoms with E-state index in [2.05, 4.69) is 13.8 Å². The maximum Gasteiger partial charge on any atom is 4.00 e. The van der Waals surface area contributed by atoms with Crippen molar-refractivity contribution in [3.05, 3.63) is 0 Å². The minimum Gasteiger partial charge on any atom is -0.788 e. The van der Waals surface area contributed by atoms with Crippen LogP contribution in [0, 0.1) is 0 Å². The predicted octanol–water partition coefficient (Wildman–Crippen LogP) is 5.48. The van der Waals surface area contributed by atoms with Gasteiger partial charge in [-0.1, -0.05) is 78.1 Å². The van der Waals surface area contributed by atoms with Crippen LogP contribution >= 0.6 is 0 Å². The van der Waals surface area contributed by atoms with Crippen LogP contribution < -0.4 is 0 Å². The van der Waals surface area contributed by atoms with Crippen molar-refractivity contribution in [1.82, 2.24) is 0 Å². The molecule has 0 amide bonds. The van der Waals surface area contributed by atoms with E-state index in [4.69, 9.17) is 60.0 Å². The molecule has 154 valence electrons. The van der Waals surface area contributed by atoms with Crippen molar-refractivity contribution in [1.29, 1.82) is 0 Å². The molecule has 0 saturated carbocycles. The molecule has 0 aliphatic heterocycles. The molecule has 0 unspecified atom stereocenters. The molecule has 0 aromatic rings. The minimum atomic E-state index is -0.430. The summed E-state index contributed by atoms with van der Waals surface area (Å²) < 4.78 is 9.30. The summed E-state index contributed by atoms with van der Waals surface area (Å²) in [7, 11) is 0. The van der Waals surface area contributed by atoms with E-state index in [1.54, 1.807) is 0 Å². The molecule has 0 aromatic heterocycles. The quantitative estimate of drug-likeness (QED) is 0.170. The first-order valence-corrected chi connectivity index (χ1v) is 11.3. The van der Waals surface area contributed by atoms with Crippen LogP contribution in [-0.4, -0.2) is 22.7 Å². The molecular weight excluding hydrogens is 572 g/mol. The molecule has 25 heavy (non-hydrogen) atoms. The van der Waals surface area contributed by atoms with Crippen LogP contribution in [0.4, 0.5) is 0 Å². The number of ether oxygens (including phenoxy) is 2. The zero-order chi connectivity index (χ0) is 18.5. The van der Waals surface area contributed by atoms with E-state index in [-0.39, 0.29) is 21.1 Å². The zero-order valence-corrected chi connectivity index (χ0v) is 21.4. The van der Waals surface area contributed by atoms with Crippen LogP contribution in [0.2, 0.25) is 0 Å². The molecule has 7 heteroatoms. The van der Waals surface area contributed by atoms with Crippen molar-refractivity contribution in [3.8, 4) is 0 Å². The largest absolute Gasteiger partial charge is 4.00 e. The van der Waals surface area contributed by atoms with E-state index in [1.165, 1.54) is 64.2 Å². The van der Waals surface area contributed by atoms with Crippen LogP contribution in [0.3, 0.4) is 0 Å². The smallest absolute Gasteiger partial charge is 0.788 e. The van der Waals surface area contributed by atoms with Gasteiger partial charge in [0.05, 0.1) is 0 Å². The second-order valence-electron chi connectivity index (χ2n) is 5.85. The van der Waals surface area contributed by atoms with Gasteiger partial charge in [-0.3, -0.25) is 0 Å². The first kappa shape index (κ1) is 31.7. The molecule has 0 radical (unpaired) electrons. The maximum absolute atomic E-state index is 5.08. The molecule has 2 nitrogen and oxygen atoms in total. The van der Waals surface area contributed by atoms with Gasteiger partial charge in [0.1, 0.15) is 0 Å². The summed E-state index contributed by atoms with van der Waals surface area (Å²) in [5.74, 6) is 0. The van der Waals surface area contributed by atoms with E-state index >= 15 is 0 Å². The second-order valence-corrected chi connectivity index (χ2v) is 8.16. The Labute approximate surface area is 193 Å². The Hall–Kier alpha value is 2.01. The molecule has 0 spiro atoms. The van der Waals surface area contributed by atoms with Crippen LogP contribution in [0.5, 0.6) is 0 Å². The van der Waals surface area contributed by atoms with Crippen molar-refractivity contribution in [2.24, 2.45) is 0 Å². The Balaban J connectivity index is -0.000000372. The summed E-state index contributed by atoms with van der Waals surface area (Å²) >= 11 is 18.8. The van der Waals surface area contributed by atoms with Crippen LogP contribution in [0.15, 0.2) is 0 Å². The van der Waals surface area contributed by atoms with Crippen molar-refractivity contribution in [2.75, 3.05) is 13.2 Å². The molecule has 0 bridgehead atoms. The van der Waals surface area contributed by atoms with E-state index in [0.29, 0.717) is 0 Å². The molecule has 0 fully saturated rings. The molecule has 0 heterocycles. The van der Waals surface area contributed by atoms with Crippen molar-refractivity contribution in [3.63, 3.8) is 0 Å². The standard InChI is InChI=1S/2C9H20OS2.Pt/c2*1-2-3-4-5-6-7-8-10-9(11)12;/h2*9,11-12H,2-8H2,1H3;/q;;+4/p-4. The van der Waals surface area contributed by atoms with Crippen molar-refractivity contribution in [2.45, 2.75) is 100 Å². The van der Waals surface area contributed by atoms with Gasteiger partial charge in [-0.2, -0.15) is 9.54 Å². The fraction of sp³-hybridized carbons (Fsp3) is 1.00. The van der Waals surface area contributed by atoms with E-state index < -0.39 is 9.54 Å². The average Bonchev–Trinajstić information content (AvgIpc) is 2.53. The summed E-state index contributed by atoms with van der Waals surface area (Å²) in [6.45, 7) is 5.93. The first-order chi connectivity index (χ1) is 11.5. The molecule has 0 N–H and O–H groups in total. The third-order valence-electron chi connectivity index (χ3n) is 3.50. The Morgan fingerprint density at radius 2 is 0.800 bits per heavy atom. The number of hydrogen-bond acceptors (Lipinski definition) is 6. The Bertz CT molecular complexity index is 201. The van der Waals surface area contributed by atoms with Gasteiger partial charge in [-0.05, 0) is 12.8 Å². The van der Waals surface area contributed by atoms with E-state index in [1.807, 2.05) is 0 Å². The van der Waals surface area contributed by atoms with E-state index in [9.17, 15) is 0 Å². The fourth-order valence-corrected chi connectivity index (χ4v) is 2.51. The molecule has 0 aliphatic rings. The fourth-order valence-electron chi connectivity index (χ4n) is 2.12. The van der Waals surface area contributed by atoms with Gasteiger partial charge in [-0.25, -0.2) is 0 Å². The first-order valence-electron chi connectivity index (χ1n) is 9.41. The van der Waals surface area contributed by atoms with Crippen LogP contribution in [0.1, 0.15) is 90.9 Å². The van der Waals surface area contributed by atoms with Gasteiger partial charge in [0.15, 0.2) is 0 Å². The number of rotatable bonds is 16. The normalized spacial score (nSPS) is 10.6. The maximum atomic E-state index is 5.08. The second kappa shape index (κ2) is 28.2. The van der Waals surface area contributed by atoms with E-state index in [0.717, 1.165) is 26.1 Å². The van der Waals surface area contributed by atoms with Gasteiger partial charge in [0.25, 0.3) is 0 Å². The topological polar surface area (TPSA) is 18.5 Å². The zero-order valence-electron chi connectivity index (χ0n) is 15.8. The summed E-state index contributed by atoms with van der Waals surface area (Å²) in [6, 6.07) is 0. The molecule has 0 rings (SSSR count). The average molecular weight is 608 g/mol. The molecule has 0 saturated heterocycles. The molecule has 0 atom stereocenters. The molecule has 0 aromatic carbocycles.